The maximum absolute atomic E-state index is 13.6. The number of fused-ring (bicyclic) bond motifs is 1. The van der Waals surface area contributed by atoms with E-state index in [0.29, 0.717) is 17.7 Å². The highest BCUT2D eigenvalue weighted by molar-refractivity contribution is 6.12. The van der Waals surface area contributed by atoms with Crippen LogP contribution in [0.5, 0.6) is 0 Å². The van der Waals surface area contributed by atoms with Gasteiger partial charge in [-0.3, -0.25) is 9.79 Å². The molecule has 0 aromatic heterocycles. The highest BCUT2D eigenvalue weighted by atomic mass is 16.5. The van der Waals surface area contributed by atoms with Crippen molar-refractivity contribution >= 4 is 23.2 Å². The summed E-state index contributed by atoms with van der Waals surface area (Å²) in [6, 6.07) is 8.42. The maximum atomic E-state index is 13.6. The third-order valence-corrected chi connectivity index (χ3v) is 7.79. The number of anilines is 1. The predicted octanol–water partition coefficient (Wildman–Crippen LogP) is 6.23. The molecule has 0 amide bonds. The van der Waals surface area contributed by atoms with Crippen LogP contribution in [0.3, 0.4) is 0 Å². The van der Waals surface area contributed by atoms with Gasteiger partial charge in [-0.2, -0.15) is 0 Å². The molecule has 2 saturated carbocycles. The quantitative estimate of drug-likeness (QED) is 0.469. The zero-order valence-electron chi connectivity index (χ0n) is 21.5. The Bertz CT molecular complexity index is 979. The van der Waals surface area contributed by atoms with Crippen molar-refractivity contribution in [3.8, 4) is 0 Å². The van der Waals surface area contributed by atoms with E-state index >= 15 is 0 Å². The normalized spacial score (nSPS) is 25.0. The number of nitrogens with zero attached hydrogens (tertiary/aromatic N) is 2. The molecular weight excluding hydrogens is 424 g/mol. The lowest BCUT2D eigenvalue weighted by molar-refractivity contribution is -0.146. The Hall–Kier alpha value is -2.43. The molecule has 184 valence electrons. The molecule has 2 fully saturated rings. The highest BCUT2D eigenvalue weighted by Gasteiger charge is 2.47. The van der Waals surface area contributed by atoms with E-state index < -0.39 is 0 Å². The molecule has 1 heterocycles. The summed E-state index contributed by atoms with van der Waals surface area (Å²) in [5.74, 6) is -0.825. The molecular formula is C29H40N2O3. The van der Waals surface area contributed by atoms with Crippen LogP contribution < -0.4 is 4.90 Å². The number of hydrogen-bond acceptors (Lipinski definition) is 5. The Balaban J connectivity index is 1.73. The number of rotatable bonds is 6. The second-order valence-electron chi connectivity index (χ2n) is 11.0. The molecule has 1 unspecified atom stereocenters. The molecule has 1 aromatic carbocycles. The van der Waals surface area contributed by atoms with Gasteiger partial charge in [-0.25, -0.2) is 4.79 Å². The first-order valence-corrected chi connectivity index (χ1v) is 13.1. The van der Waals surface area contributed by atoms with E-state index in [0.717, 1.165) is 62.2 Å². The third kappa shape index (κ3) is 4.99. The monoisotopic (exact) mass is 464 g/mol. The molecule has 0 bridgehead atoms. The molecule has 5 heteroatoms. The van der Waals surface area contributed by atoms with Crippen molar-refractivity contribution in [3.05, 3.63) is 41.1 Å². The van der Waals surface area contributed by atoms with Crippen molar-refractivity contribution < 1.29 is 14.3 Å². The van der Waals surface area contributed by atoms with Crippen LogP contribution in [0.25, 0.3) is 0 Å². The largest absolute Gasteiger partial charge is 0.459 e. The molecule has 3 aliphatic rings. The van der Waals surface area contributed by atoms with Crippen LogP contribution >= 0.6 is 0 Å². The summed E-state index contributed by atoms with van der Waals surface area (Å²) in [7, 11) is 0. The molecule has 34 heavy (non-hydrogen) atoms. The van der Waals surface area contributed by atoms with Crippen molar-refractivity contribution in [2.24, 2.45) is 16.3 Å². The Morgan fingerprint density at radius 3 is 2.29 bits per heavy atom. The lowest BCUT2D eigenvalue weighted by Gasteiger charge is -2.41. The zero-order chi connectivity index (χ0) is 24.5. The number of carbonyl (C=O) groups is 2. The first-order chi connectivity index (χ1) is 16.2. The summed E-state index contributed by atoms with van der Waals surface area (Å²) < 4.78 is 6.02. The molecule has 2 aliphatic carbocycles. The van der Waals surface area contributed by atoms with Gasteiger partial charge in [0.2, 0.25) is 0 Å². The minimum atomic E-state index is -0.384. The Kier molecular flexibility index (Phi) is 7.30. The van der Waals surface area contributed by atoms with E-state index in [1.807, 2.05) is 6.92 Å². The van der Waals surface area contributed by atoms with Crippen molar-refractivity contribution in [2.45, 2.75) is 91.6 Å². The second kappa shape index (κ2) is 10.1. The van der Waals surface area contributed by atoms with E-state index in [-0.39, 0.29) is 35.1 Å². The fourth-order valence-electron chi connectivity index (χ4n) is 6.10. The standard InChI is InChI=1S/C29H40N2O3/c1-6-31(7-2)21-15-13-20(14-16-21)26-25(28(33)34-22-11-9-8-10-12-22)19(3)30-23-17-29(4,5)18-24(32)27(23)26/h13-16,22,26-27H,6-12,17-18H2,1-5H3/t26-,27?/m0/s1. The predicted molar refractivity (Wildman–Crippen MR) is 137 cm³/mol. The number of benzene rings is 1. The summed E-state index contributed by atoms with van der Waals surface area (Å²) in [5.41, 5.74) is 4.24. The molecule has 0 radical (unpaired) electrons. The fourth-order valence-corrected chi connectivity index (χ4v) is 6.10. The first kappa shape index (κ1) is 24.7. The SMILES string of the molecule is CCN(CC)c1ccc([C@H]2C(C(=O)OC3CCCCC3)=C(C)N=C3CC(C)(C)CC(=O)C32)cc1. The average molecular weight is 465 g/mol. The van der Waals surface area contributed by atoms with Gasteiger partial charge in [0.15, 0.2) is 0 Å². The number of aliphatic imine (C=N–C) groups is 1. The molecule has 5 nitrogen and oxygen atoms in total. The molecule has 1 aromatic rings. The number of hydrogen-bond donors (Lipinski definition) is 0. The summed E-state index contributed by atoms with van der Waals surface area (Å²) in [6.45, 7) is 12.3. The molecule has 0 spiro atoms. The van der Waals surface area contributed by atoms with Crippen LogP contribution in [-0.2, 0) is 14.3 Å². The minimum Gasteiger partial charge on any atom is -0.459 e. The third-order valence-electron chi connectivity index (χ3n) is 7.79. The van der Waals surface area contributed by atoms with Gasteiger partial charge in [0.25, 0.3) is 0 Å². The maximum Gasteiger partial charge on any atom is 0.336 e. The van der Waals surface area contributed by atoms with Crippen LogP contribution in [0, 0.1) is 11.3 Å². The van der Waals surface area contributed by atoms with Gasteiger partial charge in [-0.1, -0.05) is 32.4 Å². The van der Waals surface area contributed by atoms with Crippen LogP contribution in [0.1, 0.15) is 91.0 Å². The highest BCUT2D eigenvalue weighted by Crippen LogP contribution is 2.47. The number of allylic oxidation sites excluding steroid dienone is 1. The Morgan fingerprint density at radius 2 is 1.68 bits per heavy atom. The Morgan fingerprint density at radius 1 is 1.03 bits per heavy atom. The number of esters is 1. The summed E-state index contributed by atoms with van der Waals surface area (Å²) in [5, 5.41) is 0. The van der Waals surface area contributed by atoms with Gasteiger partial charge in [-0.15, -0.1) is 0 Å². The molecule has 2 atom stereocenters. The van der Waals surface area contributed by atoms with Crippen molar-refractivity contribution in [2.75, 3.05) is 18.0 Å². The van der Waals surface area contributed by atoms with Crippen molar-refractivity contribution in [1.82, 2.24) is 0 Å². The lowest BCUT2D eigenvalue weighted by Crippen LogP contribution is -2.44. The van der Waals surface area contributed by atoms with Gasteiger partial charge in [0.1, 0.15) is 11.9 Å². The van der Waals surface area contributed by atoms with Crippen LogP contribution in [0.15, 0.2) is 40.5 Å². The molecule has 0 N–H and O–H groups in total. The van der Waals surface area contributed by atoms with Gasteiger partial charge >= 0.3 is 5.97 Å². The molecule has 0 saturated heterocycles. The van der Waals surface area contributed by atoms with E-state index in [4.69, 9.17) is 9.73 Å². The van der Waals surface area contributed by atoms with Gasteiger partial charge in [-0.05, 0) is 76.0 Å². The number of Topliss-reactive ketones (excluding diaryl/α,β-unsaturated/α-hetero) is 1. The van der Waals surface area contributed by atoms with Crippen molar-refractivity contribution in [3.63, 3.8) is 0 Å². The minimum absolute atomic E-state index is 0.0291. The van der Waals surface area contributed by atoms with Gasteiger partial charge in [0, 0.05) is 42.5 Å². The first-order valence-electron chi connectivity index (χ1n) is 13.1. The average Bonchev–Trinajstić information content (AvgIpc) is 2.79. The number of ether oxygens (including phenoxy) is 1. The molecule has 4 rings (SSSR count). The number of carbonyl (C=O) groups excluding carboxylic acids is 2. The summed E-state index contributed by atoms with van der Waals surface area (Å²) >= 11 is 0. The fraction of sp³-hybridized carbons (Fsp3) is 0.621. The van der Waals surface area contributed by atoms with Crippen LogP contribution in [0.4, 0.5) is 5.69 Å². The Labute approximate surface area is 204 Å². The lowest BCUT2D eigenvalue weighted by atomic mass is 9.63. The van der Waals surface area contributed by atoms with E-state index in [9.17, 15) is 9.59 Å². The zero-order valence-corrected chi connectivity index (χ0v) is 21.5. The van der Waals surface area contributed by atoms with Gasteiger partial charge < -0.3 is 9.64 Å². The van der Waals surface area contributed by atoms with E-state index in [1.165, 1.54) is 6.42 Å². The van der Waals surface area contributed by atoms with Crippen LogP contribution in [-0.4, -0.2) is 36.7 Å². The van der Waals surface area contributed by atoms with Crippen molar-refractivity contribution in [1.29, 1.82) is 0 Å². The van der Waals surface area contributed by atoms with Gasteiger partial charge in [0.05, 0.1) is 11.5 Å². The number of ketones is 1. The van der Waals surface area contributed by atoms with E-state index in [1.54, 1.807) is 0 Å². The summed E-state index contributed by atoms with van der Waals surface area (Å²) in [6.07, 6.45) is 6.51. The second-order valence-corrected chi connectivity index (χ2v) is 11.0. The summed E-state index contributed by atoms with van der Waals surface area (Å²) in [4.78, 5) is 34.2. The topological polar surface area (TPSA) is 59.0 Å². The van der Waals surface area contributed by atoms with Crippen LogP contribution in [0.2, 0.25) is 0 Å². The molecule has 1 aliphatic heterocycles. The van der Waals surface area contributed by atoms with E-state index in [2.05, 4.69) is 56.9 Å². The smallest absolute Gasteiger partial charge is 0.336 e.